The van der Waals surface area contributed by atoms with Crippen molar-refractivity contribution in [2.75, 3.05) is 38.2 Å². The summed E-state index contributed by atoms with van der Waals surface area (Å²) in [6, 6.07) is 13.6. The number of amides is 1. The lowest BCUT2D eigenvalue weighted by molar-refractivity contribution is -0.138. The number of carbonyl (C=O) groups is 1. The first-order valence-electron chi connectivity index (χ1n) is 13.7. The van der Waals surface area contributed by atoms with E-state index in [1.807, 2.05) is 0 Å². The maximum atomic E-state index is 14.3. The highest BCUT2D eigenvalue weighted by molar-refractivity contribution is 6.35. The van der Waals surface area contributed by atoms with Gasteiger partial charge in [-0.2, -0.15) is 18.4 Å². The molecule has 5 rings (SSSR count). The van der Waals surface area contributed by atoms with Gasteiger partial charge in [-0.15, -0.1) is 0 Å². The number of fused-ring (bicyclic) bond motifs is 1. The van der Waals surface area contributed by atoms with E-state index in [1.165, 1.54) is 56.7 Å². The van der Waals surface area contributed by atoms with Crippen LogP contribution in [0.15, 0.2) is 54.6 Å². The van der Waals surface area contributed by atoms with Crippen molar-refractivity contribution >= 4 is 23.2 Å². The molecule has 2 heterocycles. The maximum Gasteiger partial charge on any atom is 0.420 e. The molecule has 0 aliphatic carbocycles. The van der Waals surface area contributed by atoms with E-state index in [4.69, 9.17) is 14.7 Å². The molecule has 3 aromatic rings. The number of nitrogens with zero attached hydrogens (tertiary/aromatic N) is 3. The molecule has 0 radical (unpaired) electrons. The number of ether oxygens (including phenoxy) is 2. The van der Waals surface area contributed by atoms with Crippen LogP contribution in [-0.2, 0) is 11.0 Å². The fraction of sp³-hybridized carbons (Fsp3) is 0.312. The molecule has 42 heavy (non-hydrogen) atoms. The summed E-state index contributed by atoms with van der Waals surface area (Å²) in [5.41, 5.74) is 0.698. The average molecular weight is 580 g/mol. The maximum absolute atomic E-state index is 14.3. The van der Waals surface area contributed by atoms with Gasteiger partial charge in [-0.3, -0.25) is 4.79 Å². The van der Waals surface area contributed by atoms with Crippen molar-refractivity contribution in [1.29, 1.82) is 5.26 Å². The van der Waals surface area contributed by atoms with Gasteiger partial charge in [-0.25, -0.2) is 4.39 Å². The van der Waals surface area contributed by atoms with E-state index in [-0.39, 0.29) is 23.0 Å². The second-order valence-electron chi connectivity index (χ2n) is 10.3. The fourth-order valence-electron chi connectivity index (χ4n) is 5.38. The van der Waals surface area contributed by atoms with Crippen molar-refractivity contribution in [3.63, 3.8) is 0 Å². The van der Waals surface area contributed by atoms with Crippen molar-refractivity contribution in [2.24, 2.45) is 0 Å². The molecule has 6 nitrogen and oxygen atoms in total. The quantitative estimate of drug-likeness (QED) is 0.207. The van der Waals surface area contributed by atoms with Gasteiger partial charge in [-0.1, -0.05) is 12.5 Å². The van der Waals surface area contributed by atoms with Gasteiger partial charge < -0.3 is 19.3 Å². The number of benzene rings is 3. The lowest BCUT2D eigenvalue weighted by atomic mass is 10.0. The van der Waals surface area contributed by atoms with Gasteiger partial charge in [0.2, 0.25) is 0 Å². The van der Waals surface area contributed by atoms with E-state index >= 15 is 0 Å². The summed E-state index contributed by atoms with van der Waals surface area (Å²) in [5.74, 6) is -1.06. The minimum atomic E-state index is -4.75. The number of halogens is 4. The first kappa shape index (κ1) is 29.1. The zero-order valence-corrected chi connectivity index (χ0v) is 23.0. The van der Waals surface area contributed by atoms with Crippen LogP contribution in [0.3, 0.4) is 0 Å². The number of hydrogen-bond donors (Lipinski definition) is 0. The monoisotopic (exact) mass is 579 g/mol. The highest BCUT2D eigenvalue weighted by Gasteiger charge is 2.35. The predicted molar refractivity (Wildman–Crippen MR) is 151 cm³/mol. The molecule has 0 bridgehead atoms. The highest BCUT2D eigenvalue weighted by atomic mass is 19.4. The van der Waals surface area contributed by atoms with Gasteiger partial charge in [0.1, 0.15) is 11.6 Å². The second kappa shape index (κ2) is 12.2. The molecular weight excluding hydrogens is 550 g/mol. The topological polar surface area (TPSA) is 65.8 Å². The normalized spacial score (nSPS) is 16.4. The number of hydrogen-bond acceptors (Lipinski definition) is 5. The van der Waals surface area contributed by atoms with Crippen molar-refractivity contribution < 1.29 is 31.8 Å². The summed E-state index contributed by atoms with van der Waals surface area (Å²) < 4.78 is 66.2. The van der Waals surface area contributed by atoms with Gasteiger partial charge in [0.15, 0.2) is 11.5 Å². The summed E-state index contributed by atoms with van der Waals surface area (Å²) >= 11 is 0. The Morgan fingerprint density at radius 3 is 2.43 bits per heavy atom. The first-order valence-corrected chi connectivity index (χ1v) is 13.7. The third-order valence-electron chi connectivity index (χ3n) is 7.45. The van der Waals surface area contributed by atoms with Crippen LogP contribution in [0.5, 0.6) is 17.2 Å². The van der Waals surface area contributed by atoms with Gasteiger partial charge in [-0.05, 0) is 99.1 Å². The molecule has 0 spiro atoms. The Balaban J connectivity index is 1.40. The van der Waals surface area contributed by atoms with Gasteiger partial charge in [0.25, 0.3) is 5.91 Å². The summed E-state index contributed by atoms with van der Waals surface area (Å²) in [4.78, 5) is 17.6. The Hall–Kier alpha value is -4.36. The molecule has 1 amide bonds. The zero-order valence-electron chi connectivity index (χ0n) is 23.0. The summed E-state index contributed by atoms with van der Waals surface area (Å²) in [6.45, 7) is 3.50. The third-order valence-corrected chi connectivity index (χ3v) is 7.45. The average Bonchev–Trinajstić information content (AvgIpc) is 3.23. The first-order chi connectivity index (χ1) is 20.2. The number of carbonyl (C=O) groups excluding carboxylic acids is 1. The minimum absolute atomic E-state index is 0.0124. The summed E-state index contributed by atoms with van der Waals surface area (Å²) in [6.07, 6.45) is 1.26. The van der Waals surface area contributed by atoms with Crippen molar-refractivity contribution in [3.05, 3.63) is 82.7 Å². The Bertz CT molecular complexity index is 1560. The molecule has 0 atom stereocenters. The molecule has 2 aliphatic heterocycles. The highest BCUT2D eigenvalue weighted by Crippen LogP contribution is 2.42. The molecule has 218 valence electrons. The molecule has 2 aliphatic rings. The van der Waals surface area contributed by atoms with Crippen LogP contribution in [0, 0.1) is 17.1 Å². The van der Waals surface area contributed by atoms with Crippen LogP contribution in [0.1, 0.15) is 47.9 Å². The number of likely N-dealkylation sites (tertiary alicyclic amines) is 1. The van der Waals surface area contributed by atoms with Crippen LogP contribution >= 0.6 is 0 Å². The molecule has 10 heteroatoms. The van der Waals surface area contributed by atoms with Gasteiger partial charge in [0.05, 0.1) is 30.0 Å². The van der Waals surface area contributed by atoms with E-state index in [1.54, 1.807) is 29.2 Å². The molecule has 0 N–H and O–H groups in total. The number of rotatable bonds is 8. The lowest BCUT2D eigenvalue weighted by Gasteiger charge is -2.27. The number of anilines is 1. The van der Waals surface area contributed by atoms with Crippen LogP contribution < -0.4 is 14.4 Å². The third kappa shape index (κ3) is 6.26. The van der Waals surface area contributed by atoms with E-state index in [2.05, 4.69) is 4.90 Å². The van der Waals surface area contributed by atoms with Crippen LogP contribution in [0.2, 0.25) is 0 Å². The second-order valence-corrected chi connectivity index (χ2v) is 10.3. The number of nitriles is 1. The van der Waals surface area contributed by atoms with Gasteiger partial charge in [0, 0.05) is 17.7 Å². The SMILES string of the molecule is COc1cc(C=C2C(=O)N(CCCN3CCCCC3)c3ccc(F)cc32)ccc1Oc1ccc(C#N)cc1C(F)(F)F. The fourth-order valence-corrected chi connectivity index (χ4v) is 5.38. The summed E-state index contributed by atoms with van der Waals surface area (Å²) in [7, 11) is 1.35. The standard InChI is InChI=1S/C32H29F4N3O3/c1-41-30-18-21(6-11-29(30)42-28-10-7-22(20-37)17-26(28)32(34,35)36)16-25-24-19-23(33)8-9-27(24)39(31(25)40)15-5-14-38-12-3-2-4-13-38/h6-11,16-19H,2-5,12-15H2,1H3. The molecule has 1 fully saturated rings. The van der Waals surface area contributed by atoms with E-state index in [0.29, 0.717) is 28.9 Å². The molecule has 0 unspecified atom stereocenters. The molecule has 3 aromatic carbocycles. The Kier molecular flexibility index (Phi) is 8.50. The van der Waals surface area contributed by atoms with Crippen LogP contribution in [-0.4, -0.2) is 44.1 Å². The number of alkyl halides is 3. The van der Waals surface area contributed by atoms with E-state index in [9.17, 15) is 22.4 Å². The number of methoxy groups -OCH3 is 1. The predicted octanol–water partition coefficient (Wildman–Crippen LogP) is 7.28. The van der Waals surface area contributed by atoms with Crippen molar-refractivity contribution in [2.45, 2.75) is 31.9 Å². The van der Waals surface area contributed by atoms with E-state index in [0.717, 1.165) is 38.2 Å². The lowest BCUT2D eigenvalue weighted by Crippen LogP contribution is -2.34. The van der Waals surface area contributed by atoms with Gasteiger partial charge >= 0.3 is 6.18 Å². The molecular formula is C32H29F4N3O3. The Morgan fingerprint density at radius 1 is 0.952 bits per heavy atom. The zero-order chi connectivity index (χ0) is 29.9. The van der Waals surface area contributed by atoms with Crippen LogP contribution in [0.25, 0.3) is 11.6 Å². The largest absolute Gasteiger partial charge is 0.493 e. The smallest absolute Gasteiger partial charge is 0.420 e. The van der Waals surface area contributed by atoms with Crippen LogP contribution in [0.4, 0.5) is 23.2 Å². The molecule has 0 saturated carbocycles. The number of piperidine rings is 1. The Labute approximate surface area is 241 Å². The van der Waals surface area contributed by atoms with Crippen molar-refractivity contribution in [1.82, 2.24) is 4.90 Å². The summed E-state index contributed by atoms with van der Waals surface area (Å²) in [5, 5.41) is 9.01. The van der Waals surface area contributed by atoms with Crippen molar-refractivity contribution in [3.8, 4) is 23.3 Å². The molecule has 1 saturated heterocycles. The molecule has 0 aromatic heterocycles. The van der Waals surface area contributed by atoms with E-state index < -0.39 is 23.3 Å². The minimum Gasteiger partial charge on any atom is -0.493 e. The Morgan fingerprint density at radius 2 is 1.71 bits per heavy atom.